The number of carbonyl (C=O) groups excluding carboxylic acids is 1. The number of anilines is 1. The topological polar surface area (TPSA) is 45.2 Å². The highest BCUT2D eigenvalue weighted by molar-refractivity contribution is 5.94. The normalized spacial score (nSPS) is 19.9. The molecular weight excluding hydrogens is 274 g/mol. The highest BCUT2D eigenvalue weighted by atomic mass is 16.1. The van der Waals surface area contributed by atoms with Crippen molar-refractivity contribution in [1.29, 1.82) is 0 Å². The highest BCUT2D eigenvalue weighted by Crippen LogP contribution is 2.46. The van der Waals surface area contributed by atoms with Crippen LogP contribution in [0.1, 0.15) is 48.9 Å². The Balaban J connectivity index is 1.59. The third-order valence-electron chi connectivity index (χ3n) is 5.17. The van der Waals surface area contributed by atoms with Gasteiger partial charge in [-0.2, -0.15) is 0 Å². The number of nitrogens with zero attached hydrogens (tertiary/aromatic N) is 2. The van der Waals surface area contributed by atoms with E-state index in [-0.39, 0.29) is 12.5 Å². The van der Waals surface area contributed by atoms with E-state index >= 15 is 0 Å². The summed E-state index contributed by atoms with van der Waals surface area (Å²) in [5, 5.41) is 2.65. The first-order valence-corrected chi connectivity index (χ1v) is 8.15. The fourth-order valence-electron chi connectivity index (χ4n) is 3.78. The zero-order valence-corrected chi connectivity index (χ0v) is 13.0. The molecule has 1 aromatic rings. The maximum absolute atomic E-state index is 11.8. The van der Waals surface area contributed by atoms with Crippen LogP contribution in [0.3, 0.4) is 0 Å². The van der Waals surface area contributed by atoms with Crippen LogP contribution in [-0.4, -0.2) is 30.5 Å². The molecule has 0 radical (unpaired) electrons. The summed E-state index contributed by atoms with van der Waals surface area (Å²) in [6.07, 6.45) is 14.9. The van der Waals surface area contributed by atoms with Crippen molar-refractivity contribution in [3.05, 3.63) is 23.9 Å². The van der Waals surface area contributed by atoms with Crippen LogP contribution in [-0.2, 0) is 0 Å². The van der Waals surface area contributed by atoms with E-state index in [0.717, 1.165) is 18.9 Å². The minimum absolute atomic E-state index is 0.166. The van der Waals surface area contributed by atoms with E-state index in [9.17, 15) is 4.79 Å². The second kappa shape index (κ2) is 6.39. The molecule has 22 heavy (non-hydrogen) atoms. The first-order chi connectivity index (χ1) is 10.7. The summed E-state index contributed by atoms with van der Waals surface area (Å²) in [7, 11) is 0. The van der Waals surface area contributed by atoms with Gasteiger partial charge in [0.25, 0.3) is 5.91 Å². The molecule has 1 amide bonds. The Morgan fingerprint density at radius 2 is 2.00 bits per heavy atom. The SMILES string of the molecule is C#CCNC(=O)c1ccc(N2CCC3(CCCC3)CC2)nc1. The lowest BCUT2D eigenvalue weighted by Crippen LogP contribution is -2.39. The number of hydrogen-bond donors (Lipinski definition) is 1. The van der Waals surface area contributed by atoms with Gasteiger partial charge in [-0.05, 0) is 43.2 Å². The molecule has 1 aromatic heterocycles. The zero-order valence-electron chi connectivity index (χ0n) is 13.0. The molecule has 0 atom stereocenters. The molecule has 4 heteroatoms. The van der Waals surface area contributed by atoms with Crippen molar-refractivity contribution in [3.8, 4) is 12.3 Å². The smallest absolute Gasteiger partial charge is 0.253 e. The van der Waals surface area contributed by atoms with Crippen molar-refractivity contribution >= 4 is 11.7 Å². The monoisotopic (exact) mass is 297 g/mol. The van der Waals surface area contributed by atoms with Crippen LogP contribution >= 0.6 is 0 Å². The number of rotatable bonds is 3. The minimum atomic E-state index is -0.166. The van der Waals surface area contributed by atoms with Crippen LogP contribution in [0.4, 0.5) is 5.82 Å². The summed E-state index contributed by atoms with van der Waals surface area (Å²) in [5.41, 5.74) is 1.18. The quantitative estimate of drug-likeness (QED) is 0.872. The number of nitrogens with one attached hydrogen (secondary N) is 1. The maximum atomic E-state index is 11.8. The first kappa shape index (κ1) is 14.9. The largest absolute Gasteiger partial charge is 0.357 e. The van der Waals surface area contributed by atoms with Crippen LogP contribution in [0, 0.1) is 17.8 Å². The van der Waals surface area contributed by atoms with Crippen molar-refractivity contribution in [2.24, 2.45) is 5.41 Å². The van der Waals surface area contributed by atoms with E-state index in [4.69, 9.17) is 6.42 Å². The number of amides is 1. The van der Waals surface area contributed by atoms with Gasteiger partial charge in [0.05, 0.1) is 12.1 Å². The van der Waals surface area contributed by atoms with E-state index in [1.54, 1.807) is 6.20 Å². The first-order valence-electron chi connectivity index (χ1n) is 8.15. The van der Waals surface area contributed by atoms with Crippen molar-refractivity contribution in [2.75, 3.05) is 24.5 Å². The lowest BCUT2D eigenvalue weighted by molar-refractivity contribution is 0.0958. The summed E-state index contributed by atoms with van der Waals surface area (Å²) >= 11 is 0. The van der Waals surface area contributed by atoms with Crippen LogP contribution in [0.25, 0.3) is 0 Å². The van der Waals surface area contributed by atoms with Crippen molar-refractivity contribution in [3.63, 3.8) is 0 Å². The molecule has 0 unspecified atom stereocenters. The van der Waals surface area contributed by atoms with E-state index in [1.165, 1.54) is 38.5 Å². The Bertz CT molecular complexity index is 557. The molecule has 2 fully saturated rings. The van der Waals surface area contributed by atoms with E-state index in [0.29, 0.717) is 11.0 Å². The van der Waals surface area contributed by atoms with Crippen molar-refractivity contribution in [2.45, 2.75) is 38.5 Å². The Kier molecular flexibility index (Phi) is 4.33. The standard InChI is InChI=1S/C18H23N3O/c1-2-11-19-17(22)15-5-6-16(20-14-15)21-12-9-18(10-13-21)7-3-4-8-18/h1,5-6,14H,3-4,7-13H2,(H,19,22). The summed E-state index contributed by atoms with van der Waals surface area (Å²) < 4.78 is 0. The number of hydrogen-bond acceptors (Lipinski definition) is 3. The molecule has 1 saturated heterocycles. The second-order valence-electron chi connectivity index (χ2n) is 6.49. The van der Waals surface area contributed by atoms with Gasteiger partial charge < -0.3 is 10.2 Å². The molecule has 116 valence electrons. The Morgan fingerprint density at radius 3 is 2.59 bits per heavy atom. The second-order valence-corrected chi connectivity index (χ2v) is 6.49. The lowest BCUT2D eigenvalue weighted by Gasteiger charge is -2.40. The number of piperidine rings is 1. The molecular formula is C18H23N3O. The molecule has 1 aliphatic heterocycles. The number of carbonyl (C=O) groups is 1. The molecule has 3 rings (SSSR count). The third-order valence-corrected chi connectivity index (χ3v) is 5.17. The Morgan fingerprint density at radius 1 is 1.27 bits per heavy atom. The Labute approximate surface area is 132 Å². The van der Waals surface area contributed by atoms with Gasteiger partial charge in [0, 0.05) is 19.3 Å². The van der Waals surface area contributed by atoms with Crippen LogP contribution in [0.2, 0.25) is 0 Å². The van der Waals surface area contributed by atoms with Crippen LogP contribution in [0.15, 0.2) is 18.3 Å². The van der Waals surface area contributed by atoms with E-state index in [1.807, 2.05) is 12.1 Å². The molecule has 0 aromatic carbocycles. The fourth-order valence-corrected chi connectivity index (χ4v) is 3.78. The molecule has 1 N–H and O–H groups in total. The average Bonchev–Trinajstić information content (AvgIpc) is 3.02. The van der Waals surface area contributed by atoms with Gasteiger partial charge in [0.15, 0.2) is 0 Å². The van der Waals surface area contributed by atoms with Crippen LogP contribution in [0.5, 0.6) is 0 Å². The minimum Gasteiger partial charge on any atom is -0.357 e. The molecule has 2 aliphatic rings. The predicted molar refractivity (Wildman–Crippen MR) is 87.8 cm³/mol. The molecule has 1 aliphatic carbocycles. The molecule has 1 spiro atoms. The van der Waals surface area contributed by atoms with Gasteiger partial charge >= 0.3 is 0 Å². The Hall–Kier alpha value is -2.02. The van der Waals surface area contributed by atoms with Gasteiger partial charge in [-0.1, -0.05) is 18.8 Å². The summed E-state index contributed by atoms with van der Waals surface area (Å²) in [4.78, 5) is 18.6. The summed E-state index contributed by atoms with van der Waals surface area (Å²) in [5.74, 6) is 3.20. The van der Waals surface area contributed by atoms with Crippen molar-refractivity contribution < 1.29 is 4.79 Å². The van der Waals surface area contributed by atoms with E-state index < -0.39 is 0 Å². The average molecular weight is 297 g/mol. The van der Waals surface area contributed by atoms with Gasteiger partial charge in [0.1, 0.15) is 5.82 Å². The summed E-state index contributed by atoms with van der Waals surface area (Å²) in [6.45, 7) is 2.40. The zero-order chi connectivity index (χ0) is 15.4. The molecule has 4 nitrogen and oxygen atoms in total. The lowest BCUT2D eigenvalue weighted by atomic mass is 9.77. The molecule has 1 saturated carbocycles. The highest BCUT2D eigenvalue weighted by Gasteiger charge is 2.37. The fraction of sp³-hybridized carbons (Fsp3) is 0.556. The molecule has 2 heterocycles. The maximum Gasteiger partial charge on any atom is 0.253 e. The van der Waals surface area contributed by atoms with Gasteiger partial charge in [-0.25, -0.2) is 4.98 Å². The number of terminal acetylenes is 1. The number of aromatic nitrogens is 1. The molecule has 0 bridgehead atoms. The van der Waals surface area contributed by atoms with Crippen LogP contribution < -0.4 is 10.2 Å². The van der Waals surface area contributed by atoms with Gasteiger partial charge in [-0.3, -0.25) is 4.79 Å². The van der Waals surface area contributed by atoms with Gasteiger partial charge in [0.2, 0.25) is 0 Å². The third kappa shape index (κ3) is 3.09. The van der Waals surface area contributed by atoms with Gasteiger partial charge in [-0.15, -0.1) is 6.42 Å². The summed E-state index contributed by atoms with van der Waals surface area (Å²) in [6, 6.07) is 3.77. The predicted octanol–water partition coefficient (Wildman–Crippen LogP) is 2.61. The van der Waals surface area contributed by atoms with E-state index in [2.05, 4.69) is 21.1 Å². The van der Waals surface area contributed by atoms with Crippen molar-refractivity contribution in [1.82, 2.24) is 10.3 Å². The number of pyridine rings is 1.